The number of carbonyl (C=O) groups excluding carboxylic acids is 2. The average molecular weight is 552 g/mol. The first kappa shape index (κ1) is 29.7. The number of anilines is 1. The molecule has 0 fully saturated rings. The van der Waals surface area contributed by atoms with Crippen molar-refractivity contribution in [3.8, 4) is 5.75 Å². The van der Waals surface area contributed by atoms with Gasteiger partial charge in [0.15, 0.2) is 0 Å². The molecule has 0 saturated carbocycles. The molecule has 39 heavy (non-hydrogen) atoms. The molecule has 0 bridgehead atoms. The molecule has 3 aromatic carbocycles. The Labute approximate surface area is 231 Å². The van der Waals surface area contributed by atoms with Crippen LogP contribution in [0.3, 0.4) is 0 Å². The van der Waals surface area contributed by atoms with Crippen LogP contribution in [-0.2, 0) is 26.2 Å². The van der Waals surface area contributed by atoms with E-state index < -0.39 is 28.5 Å². The Hall–Kier alpha value is -3.85. The molecular weight excluding hydrogens is 514 g/mol. The number of sulfonamides is 1. The van der Waals surface area contributed by atoms with Gasteiger partial charge in [0.05, 0.1) is 17.7 Å². The summed E-state index contributed by atoms with van der Waals surface area (Å²) in [6, 6.07) is 23.0. The summed E-state index contributed by atoms with van der Waals surface area (Å²) >= 11 is 0. The summed E-state index contributed by atoms with van der Waals surface area (Å²) in [5.41, 5.74) is 1.15. The van der Waals surface area contributed by atoms with Crippen LogP contribution in [0.25, 0.3) is 0 Å². The molecule has 0 aromatic heterocycles. The summed E-state index contributed by atoms with van der Waals surface area (Å²) in [6.45, 7) is 4.06. The van der Waals surface area contributed by atoms with Gasteiger partial charge in [-0.2, -0.15) is 0 Å². The Morgan fingerprint density at radius 3 is 2.08 bits per heavy atom. The van der Waals surface area contributed by atoms with Crippen molar-refractivity contribution in [1.29, 1.82) is 0 Å². The van der Waals surface area contributed by atoms with Gasteiger partial charge in [-0.05, 0) is 54.8 Å². The van der Waals surface area contributed by atoms with Gasteiger partial charge < -0.3 is 15.0 Å². The summed E-state index contributed by atoms with van der Waals surface area (Å²) in [5, 5.41) is 2.93. The fourth-order valence-corrected chi connectivity index (χ4v) is 5.63. The van der Waals surface area contributed by atoms with Crippen molar-refractivity contribution in [3.05, 3.63) is 90.5 Å². The molecule has 0 aliphatic rings. The highest BCUT2D eigenvalue weighted by Gasteiger charge is 2.33. The highest BCUT2D eigenvalue weighted by molar-refractivity contribution is 7.92. The van der Waals surface area contributed by atoms with Crippen LogP contribution in [0, 0.1) is 0 Å². The average Bonchev–Trinajstić information content (AvgIpc) is 2.97. The molecule has 3 aromatic rings. The quantitative estimate of drug-likeness (QED) is 0.295. The summed E-state index contributed by atoms with van der Waals surface area (Å²) in [5.74, 6) is -0.0677. The first-order valence-electron chi connectivity index (χ1n) is 13.1. The Bertz CT molecular complexity index is 1300. The molecule has 3 rings (SSSR count). The standard InChI is InChI=1S/C30H37N3O5S/c1-4-6-21-31-30(35)28(5-2)32(22-24-17-19-26(38-3)20-18-24)29(34)23-33(25-13-9-7-10-14-25)39(36,37)27-15-11-8-12-16-27/h7-20,28H,4-6,21-23H2,1-3H3,(H,31,35)/t28-/m0/s1. The van der Waals surface area contributed by atoms with E-state index in [-0.39, 0.29) is 17.3 Å². The lowest BCUT2D eigenvalue weighted by Crippen LogP contribution is -2.52. The third-order valence-electron chi connectivity index (χ3n) is 6.38. The van der Waals surface area contributed by atoms with E-state index in [0.29, 0.717) is 24.4 Å². The predicted octanol–water partition coefficient (Wildman–Crippen LogP) is 4.61. The molecular formula is C30H37N3O5S. The zero-order valence-electron chi connectivity index (χ0n) is 22.7. The molecule has 1 N–H and O–H groups in total. The smallest absolute Gasteiger partial charge is 0.264 e. The second kappa shape index (κ2) is 14.3. The first-order valence-corrected chi connectivity index (χ1v) is 14.6. The van der Waals surface area contributed by atoms with Gasteiger partial charge in [0, 0.05) is 13.1 Å². The van der Waals surface area contributed by atoms with Crippen molar-refractivity contribution in [2.24, 2.45) is 0 Å². The summed E-state index contributed by atoms with van der Waals surface area (Å²) < 4.78 is 33.8. The van der Waals surface area contributed by atoms with E-state index in [0.717, 1.165) is 22.7 Å². The Balaban J connectivity index is 1.99. The number of amides is 2. The minimum absolute atomic E-state index is 0.0766. The molecule has 208 valence electrons. The number of hydrogen-bond donors (Lipinski definition) is 1. The number of rotatable bonds is 14. The van der Waals surface area contributed by atoms with E-state index in [2.05, 4.69) is 5.32 Å². The van der Waals surface area contributed by atoms with Crippen molar-refractivity contribution in [3.63, 3.8) is 0 Å². The number of ether oxygens (including phenoxy) is 1. The molecule has 9 heteroatoms. The fraction of sp³-hybridized carbons (Fsp3) is 0.333. The van der Waals surface area contributed by atoms with Crippen LogP contribution in [0.5, 0.6) is 5.75 Å². The van der Waals surface area contributed by atoms with Gasteiger partial charge in [-0.3, -0.25) is 13.9 Å². The zero-order chi connectivity index (χ0) is 28.3. The van der Waals surface area contributed by atoms with Crippen molar-refractivity contribution >= 4 is 27.5 Å². The molecule has 0 radical (unpaired) electrons. The van der Waals surface area contributed by atoms with Gasteiger partial charge >= 0.3 is 0 Å². The lowest BCUT2D eigenvalue weighted by Gasteiger charge is -2.33. The molecule has 0 unspecified atom stereocenters. The number of methoxy groups -OCH3 is 1. The number of benzene rings is 3. The van der Waals surface area contributed by atoms with E-state index in [1.165, 1.54) is 17.0 Å². The third kappa shape index (κ3) is 7.83. The maximum absolute atomic E-state index is 14.0. The van der Waals surface area contributed by atoms with Gasteiger partial charge in [0.2, 0.25) is 11.8 Å². The molecule has 0 aliphatic heterocycles. The molecule has 8 nitrogen and oxygen atoms in total. The van der Waals surface area contributed by atoms with E-state index in [1.54, 1.807) is 67.8 Å². The third-order valence-corrected chi connectivity index (χ3v) is 8.17. The van der Waals surface area contributed by atoms with Crippen LogP contribution in [0.15, 0.2) is 89.8 Å². The fourth-order valence-electron chi connectivity index (χ4n) is 4.20. The number of hydrogen-bond acceptors (Lipinski definition) is 5. The van der Waals surface area contributed by atoms with Crippen molar-refractivity contribution in [1.82, 2.24) is 10.2 Å². The first-order chi connectivity index (χ1) is 18.8. The summed E-state index contributed by atoms with van der Waals surface area (Å²) in [4.78, 5) is 28.7. The van der Waals surface area contributed by atoms with E-state index in [1.807, 2.05) is 26.0 Å². The summed E-state index contributed by atoms with van der Waals surface area (Å²) in [6.07, 6.45) is 2.12. The second-order valence-electron chi connectivity index (χ2n) is 9.10. The van der Waals surface area contributed by atoms with Gasteiger partial charge in [-0.1, -0.05) is 68.8 Å². The molecule has 2 amide bonds. The Morgan fingerprint density at radius 2 is 1.51 bits per heavy atom. The maximum atomic E-state index is 14.0. The Morgan fingerprint density at radius 1 is 0.897 bits per heavy atom. The number of nitrogens with zero attached hydrogens (tertiary/aromatic N) is 2. The van der Waals surface area contributed by atoms with Crippen molar-refractivity contribution in [2.45, 2.75) is 50.6 Å². The van der Waals surface area contributed by atoms with Crippen molar-refractivity contribution < 1.29 is 22.7 Å². The minimum atomic E-state index is -4.07. The molecule has 0 saturated heterocycles. The molecule has 0 aliphatic carbocycles. The van der Waals surface area contributed by atoms with Crippen LogP contribution >= 0.6 is 0 Å². The number of unbranched alkanes of at least 4 members (excludes halogenated alkanes) is 1. The topological polar surface area (TPSA) is 96.0 Å². The highest BCUT2D eigenvalue weighted by atomic mass is 32.2. The SMILES string of the molecule is CCCCNC(=O)[C@H](CC)N(Cc1ccc(OC)cc1)C(=O)CN(c1ccccc1)S(=O)(=O)c1ccccc1. The lowest BCUT2D eigenvalue weighted by atomic mass is 10.1. The number of nitrogens with one attached hydrogen (secondary N) is 1. The predicted molar refractivity (Wildman–Crippen MR) is 153 cm³/mol. The normalized spacial score (nSPS) is 11.9. The zero-order valence-corrected chi connectivity index (χ0v) is 23.6. The van der Waals surface area contributed by atoms with E-state index in [9.17, 15) is 18.0 Å². The van der Waals surface area contributed by atoms with Gasteiger partial charge in [-0.25, -0.2) is 8.42 Å². The van der Waals surface area contributed by atoms with E-state index >= 15 is 0 Å². The van der Waals surface area contributed by atoms with Crippen LogP contribution in [0.4, 0.5) is 5.69 Å². The largest absolute Gasteiger partial charge is 0.497 e. The second-order valence-corrected chi connectivity index (χ2v) is 11.0. The Kier molecular flexibility index (Phi) is 10.9. The van der Waals surface area contributed by atoms with Crippen LogP contribution in [0.2, 0.25) is 0 Å². The monoisotopic (exact) mass is 551 g/mol. The van der Waals surface area contributed by atoms with Crippen LogP contribution in [0.1, 0.15) is 38.7 Å². The van der Waals surface area contributed by atoms with Gasteiger partial charge in [-0.15, -0.1) is 0 Å². The van der Waals surface area contributed by atoms with Crippen LogP contribution < -0.4 is 14.4 Å². The number of carbonyl (C=O) groups is 2. The molecule has 1 atom stereocenters. The number of para-hydroxylation sites is 1. The molecule has 0 heterocycles. The lowest BCUT2D eigenvalue weighted by molar-refractivity contribution is -0.140. The summed E-state index contributed by atoms with van der Waals surface area (Å²) in [7, 11) is -2.49. The van der Waals surface area contributed by atoms with E-state index in [4.69, 9.17) is 4.74 Å². The van der Waals surface area contributed by atoms with Crippen LogP contribution in [-0.4, -0.2) is 51.4 Å². The maximum Gasteiger partial charge on any atom is 0.264 e. The molecule has 0 spiro atoms. The highest BCUT2D eigenvalue weighted by Crippen LogP contribution is 2.24. The van der Waals surface area contributed by atoms with Crippen molar-refractivity contribution in [2.75, 3.05) is 24.5 Å². The van der Waals surface area contributed by atoms with Gasteiger partial charge in [0.1, 0.15) is 18.3 Å². The minimum Gasteiger partial charge on any atom is -0.497 e. The van der Waals surface area contributed by atoms with Gasteiger partial charge in [0.25, 0.3) is 10.0 Å².